The molecule has 0 aliphatic carbocycles. The van der Waals surface area contributed by atoms with Crippen LogP contribution in [0.25, 0.3) is 0 Å². The van der Waals surface area contributed by atoms with E-state index in [0.717, 1.165) is 17.5 Å². The molecule has 5 nitrogen and oxygen atoms in total. The van der Waals surface area contributed by atoms with Crippen molar-refractivity contribution in [1.29, 1.82) is 0 Å². The maximum Gasteiger partial charge on any atom is 0.231 e. The van der Waals surface area contributed by atoms with E-state index in [1.54, 1.807) is 4.90 Å². The number of amides is 1. The second kappa shape index (κ2) is 7.16. The molecule has 3 aromatic rings. The van der Waals surface area contributed by atoms with Gasteiger partial charge in [-0.25, -0.2) is 4.68 Å². The molecule has 0 fully saturated rings. The topological polar surface area (TPSA) is 51.0 Å². The molecule has 6 heteroatoms. The fraction of sp³-hybridized carbons (Fsp3) is 0.286. The van der Waals surface area contributed by atoms with Gasteiger partial charge in [-0.1, -0.05) is 60.5 Å². The summed E-state index contributed by atoms with van der Waals surface area (Å²) in [5.74, 6) is 0.630. The minimum atomic E-state index is -0.113. The molecule has 138 valence electrons. The molecule has 0 bridgehead atoms. The Hall–Kier alpha value is -2.66. The lowest BCUT2D eigenvalue weighted by Gasteiger charge is -2.39. The Balaban J connectivity index is 1.83. The molecule has 27 heavy (non-hydrogen) atoms. The van der Waals surface area contributed by atoms with Gasteiger partial charge in [-0.15, -0.1) is 0 Å². The molecule has 2 atom stereocenters. The molecule has 4 rings (SSSR count). The van der Waals surface area contributed by atoms with E-state index in [1.165, 1.54) is 11.9 Å². The van der Waals surface area contributed by atoms with Gasteiger partial charge in [-0.2, -0.15) is 10.1 Å². The van der Waals surface area contributed by atoms with Crippen LogP contribution >= 0.6 is 11.6 Å². The van der Waals surface area contributed by atoms with Crippen LogP contribution in [0.5, 0.6) is 0 Å². The molecule has 1 aliphatic heterocycles. The Morgan fingerprint density at radius 1 is 1.07 bits per heavy atom. The number of nitrogens with zero attached hydrogens (tertiary/aromatic N) is 4. The number of halogens is 1. The Morgan fingerprint density at radius 3 is 2.37 bits per heavy atom. The first-order chi connectivity index (χ1) is 13.1. The largest absolute Gasteiger partial charge is 0.274 e. The maximum atomic E-state index is 12.8. The second-order valence-corrected chi connectivity index (χ2v) is 7.29. The highest BCUT2D eigenvalue weighted by molar-refractivity contribution is 6.30. The zero-order valence-electron chi connectivity index (χ0n) is 15.3. The highest BCUT2D eigenvalue weighted by Crippen LogP contribution is 2.42. The van der Waals surface area contributed by atoms with Crippen LogP contribution in [0, 0.1) is 6.92 Å². The number of benzene rings is 2. The Bertz CT molecular complexity index is 949. The van der Waals surface area contributed by atoms with E-state index in [9.17, 15) is 4.79 Å². The molecule has 1 aliphatic rings. The molecule has 0 radical (unpaired) electrons. The molecule has 1 amide bonds. The quantitative estimate of drug-likeness (QED) is 0.660. The van der Waals surface area contributed by atoms with E-state index in [0.29, 0.717) is 17.4 Å². The van der Waals surface area contributed by atoms with Gasteiger partial charge in [-0.3, -0.25) is 9.69 Å². The van der Waals surface area contributed by atoms with Gasteiger partial charge in [0, 0.05) is 11.4 Å². The van der Waals surface area contributed by atoms with E-state index in [-0.39, 0.29) is 18.0 Å². The Kier molecular flexibility index (Phi) is 4.70. The fourth-order valence-electron chi connectivity index (χ4n) is 3.68. The van der Waals surface area contributed by atoms with Crippen LogP contribution in [-0.4, -0.2) is 20.7 Å². The van der Waals surface area contributed by atoms with E-state index in [2.05, 4.69) is 41.3 Å². The number of carbonyl (C=O) groups excluding carboxylic acids is 1. The summed E-state index contributed by atoms with van der Waals surface area (Å²) in [5, 5.41) is 5.12. The lowest BCUT2D eigenvalue weighted by Crippen LogP contribution is -2.42. The van der Waals surface area contributed by atoms with Crippen molar-refractivity contribution in [2.45, 2.75) is 38.8 Å². The molecule has 0 spiro atoms. The van der Waals surface area contributed by atoms with E-state index in [1.807, 2.05) is 35.9 Å². The minimum absolute atomic E-state index is 0.0182. The highest BCUT2D eigenvalue weighted by atomic mass is 35.5. The first-order valence-electron chi connectivity index (χ1n) is 9.12. The smallest absolute Gasteiger partial charge is 0.231 e. The van der Waals surface area contributed by atoms with Gasteiger partial charge in [0.2, 0.25) is 11.9 Å². The number of carbonyl (C=O) groups is 1. The van der Waals surface area contributed by atoms with Crippen LogP contribution < -0.4 is 4.90 Å². The first kappa shape index (κ1) is 17.7. The van der Waals surface area contributed by atoms with Crippen molar-refractivity contribution in [3.05, 3.63) is 76.6 Å². The summed E-state index contributed by atoms with van der Waals surface area (Å²) < 4.78 is 1.87. The van der Waals surface area contributed by atoms with Crippen LogP contribution in [0.1, 0.15) is 48.5 Å². The van der Waals surface area contributed by atoms with Gasteiger partial charge in [-0.05, 0) is 36.6 Å². The zero-order chi connectivity index (χ0) is 19.0. The van der Waals surface area contributed by atoms with Crippen LogP contribution in [0.3, 0.4) is 0 Å². The molecule has 0 N–H and O–H groups in total. The summed E-state index contributed by atoms with van der Waals surface area (Å²) in [7, 11) is 0. The van der Waals surface area contributed by atoms with Crippen molar-refractivity contribution in [3.63, 3.8) is 0 Å². The van der Waals surface area contributed by atoms with Crippen molar-refractivity contribution in [2.75, 3.05) is 4.90 Å². The Labute approximate surface area is 163 Å². The summed E-state index contributed by atoms with van der Waals surface area (Å²) in [5.41, 5.74) is 3.42. The molecule has 0 unspecified atom stereocenters. The van der Waals surface area contributed by atoms with Crippen LogP contribution in [0.2, 0.25) is 5.02 Å². The number of aryl methyl sites for hydroxylation is 1. The highest BCUT2D eigenvalue weighted by Gasteiger charge is 2.38. The van der Waals surface area contributed by atoms with Crippen molar-refractivity contribution in [3.8, 4) is 0 Å². The van der Waals surface area contributed by atoms with Gasteiger partial charge in [0.25, 0.3) is 0 Å². The lowest BCUT2D eigenvalue weighted by atomic mass is 9.91. The van der Waals surface area contributed by atoms with Gasteiger partial charge in [0.05, 0.1) is 12.1 Å². The van der Waals surface area contributed by atoms with Crippen LogP contribution in [-0.2, 0) is 4.79 Å². The monoisotopic (exact) mass is 380 g/mol. The maximum absolute atomic E-state index is 12.8. The number of fused-ring (bicyclic) bond motifs is 1. The summed E-state index contributed by atoms with van der Waals surface area (Å²) in [6.07, 6.45) is 2.66. The average molecular weight is 381 g/mol. The number of hydrogen-bond acceptors (Lipinski definition) is 3. The molecule has 2 aromatic carbocycles. The van der Waals surface area contributed by atoms with E-state index < -0.39 is 0 Å². The van der Waals surface area contributed by atoms with Gasteiger partial charge >= 0.3 is 0 Å². The number of hydrogen-bond donors (Lipinski definition) is 0. The Morgan fingerprint density at radius 2 is 1.70 bits per heavy atom. The summed E-state index contributed by atoms with van der Waals surface area (Å²) in [4.78, 5) is 19.0. The second-order valence-electron chi connectivity index (χ2n) is 6.85. The van der Waals surface area contributed by atoms with Crippen molar-refractivity contribution < 1.29 is 4.79 Å². The van der Waals surface area contributed by atoms with Gasteiger partial charge < -0.3 is 0 Å². The third-order valence-electron chi connectivity index (χ3n) is 5.11. The number of aromatic nitrogens is 3. The number of anilines is 1. The standard InChI is InChI=1S/C21H21ClN4O/c1-3-20(27)25-18(15-8-10-17(22)11-9-15)12-19(26-21(25)23-13-24-26)16-6-4-14(2)5-7-16/h4-11,13,18-19H,3,12H2,1-2H3/t18-,19-/m1/s1. The summed E-state index contributed by atoms with van der Waals surface area (Å²) in [6.45, 7) is 3.94. The van der Waals surface area contributed by atoms with Crippen molar-refractivity contribution in [2.24, 2.45) is 0 Å². The molecule has 1 aromatic heterocycles. The normalized spacial score (nSPS) is 19.0. The SMILES string of the molecule is CCC(=O)N1c2ncnn2[C@@H](c2ccc(C)cc2)C[C@@H]1c1ccc(Cl)cc1. The van der Waals surface area contributed by atoms with Gasteiger partial charge in [0.1, 0.15) is 6.33 Å². The third kappa shape index (κ3) is 3.23. The molecule has 0 saturated heterocycles. The lowest BCUT2D eigenvalue weighted by molar-refractivity contribution is -0.119. The molecular formula is C21H21ClN4O. The predicted octanol–water partition coefficient (Wildman–Crippen LogP) is 4.72. The van der Waals surface area contributed by atoms with E-state index >= 15 is 0 Å². The summed E-state index contributed by atoms with van der Waals surface area (Å²) in [6, 6.07) is 16.1. The van der Waals surface area contributed by atoms with E-state index in [4.69, 9.17) is 11.6 Å². The molecular weight excluding hydrogens is 360 g/mol. The number of rotatable bonds is 3. The van der Waals surface area contributed by atoms with Crippen molar-refractivity contribution in [1.82, 2.24) is 14.8 Å². The predicted molar refractivity (Wildman–Crippen MR) is 106 cm³/mol. The van der Waals surface area contributed by atoms with Crippen molar-refractivity contribution >= 4 is 23.5 Å². The summed E-state index contributed by atoms with van der Waals surface area (Å²) >= 11 is 6.07. The molecule has 2 heterocycles. The average Bonchev–Trinajstić information content (AvgIpc) is 3.17. The third-order valence-corrected chi connectivity index (χ3v) is 5.36. The minimum Gasteiger partial charge on any atom is -0.274 e. The van der Waals surface area contributed by atoms with Gasteiger partial charge in [0.15, 0.2) is 0 Å². The zero-order valence-corrected chi connectivity index (χ0v) is 16.1. The molecule has 0 saturated carbocycles. The van der Waals surface area contributed by atoms with Crippen LogP contribution in [0.15, 0.2) is 54.9 Å². The fourth-order valence-corrected chi connectivity index (χ4v) is 3.81. The van der Waals surface area contributed by atoms with Crippen LogP contribution in [0.4, 0.5) is 5.95 Å². The first-order valence-corrected chi connectivity index (χ1v) is 9.50.